The van der Waals surface area contributed by atoms with Crippen LogP contribution < -0.4 is 17.3 Å². The summed E-state index contributed by atoms with van der Waals surface area (Å²) in [5, 5.41) is 0. The fourth-order valence-corrected chi connectivity index (χ4v) is 3.42. The minimum absolute atomic E-state index is 0. The number of hydrogen-bond donors (Lipinski definition) is 1. The van der Waals surface area contributed by atoms with Crippen LogP contribution in [0.15, 0.2) is 30.3 Å². The molecule has 1 aromatic rings. The fraction of sp³-hybridized carbons (Fsp3) is 0.632. The summed E-state index contributed by atoms with van der Waals surface area (Å²) in [5.41, 5.74) is 1.06. The number of carbonyl (C=O) groups is 1. The van der Waals surface area contributed by atoms with Gasteiger partial charge in [0.2, 0.25) is 0 Å². The van der Waals surface area contributed by atoms with Crippen molar-refractivity contribution in [3.63, 3.8) is 0 Å². The zero-order valence-corrected chi connectivity index (χ0v) is 15.1. The van der Waals surface area contributed by atoms with E-state index in [-0.39, 0.29) is 24.3 Å². The Bertz CT molecular complexity index is 452. The Morgan fingerprint density at radius 3 is 2.70 bits per heavy atom. The van der Waals surface area contributed by atoms with E-state index in [0.29, 0.717) is 6.61 Å². The third kappa shape index (κ3) is 6.15. The zero-order chi connectivity index (χ0) is 15.8. The maximum absolute atomic E-state index is 12.3. The average Bonchev–Trinajstić information content (AvgIpc) is 2.55. The van der Waals surface area contributed by atoms with Gasteiger partial charge in [0, 0.05) is 6.42 Å². The number of rotatable bonds is 7. The van der Waals surface area contributed by atoms with E-state index in [1.807, 2.05) is 37.3 Å². The predicted molar refractivity (Wildman–Crippen MR) is 89.1 cm³/mol. The van der Waals surface area contributed by atoms with E-state index in [2.05, 4.69) is 6.92 Å². The van der Waals surface area contributed by atoms with E-state index < -0.39 is 0 Å². The van der Waals surface area contributed by atoms with Gasteiger partial charge in [-0.15, -0.1) is 0 Å². The van der Waals surface area contributed by atoms with Gasteiger partial charge < -0.3 is 22.0 Å². The van der Waals surface area contributed by atoms with Crippen LogP contribution >= 0.6 is 0 Å². The van der Waals surface area contributed by atoms with Crippen molar-refractivity contribution in [3.05, 3.63) is 35.9 Å². The maximum atomic E-state index is 12.3. The molecule has 0 bridgehead atoms. The number of nitrogens with one attached hydrogen (secondary N) is 1. The Morgan fingerprint density at radius 1 is 1.30 bits per heavy atom. The molecule has 23 heavy (non-hydrogen) atoms. The first-order valence-corrected chi connectivity index (χ1v) is 8.78. The molecule has 1 aromatic carbocycles. The lowest BCUT2D eigenvalue weighted by atomic mass is 9.97. The van der Waals surface area contributed by atoms with Crippen LogP contribution in [-0.2, 0) is 9.53 Å². The minimum Gasteiger partial charge on any atom is -1.00 e. The highest BCUT2D eigenvalue weighted by Crippen LogP contribution is 2.20. The van der Waals surface area contributed by atoms with Crippen LogP contribution in [0.3, 0.4) is 0 Å². The average molecular weight is 340 g/mol. The molecule has 1 aliphatic heterocycles. The van der Waals surface area contributed by atoms with Crippen LogP contribution in [-0.4, -0.2) is 31.7 Å². The normalized spacial score (nSPS) is 22.0. The summed E-state index contributed by atoms with van der Waals surface area (Å²) < 4.78 is 5.52. The monoisotopic (exact) mass is 339 g/mol. The molecule has 2 rings (SSSR count). The van der Waals surface area contributed by atoms with E-state index in [0.717, 1.165) is 31.0 Å². The molecule has 1 N–H and O–H groups in total. The molecule has 4 heteroatoms. The van der Waals surface area contributed by atoms with Crippen molar-refractivity contribution in [3.8, 4) is 0 Å². The van der Waals surface area contributed by atoms with Crippen molar-refractivity contribution in [1.29, 1.82) is 0 Å². The van der Waals surface area contributed by atoms with Crippen molar-refractivity contribution in [2.45, 2.75) is 57.9 Å². The second kappa shape index (κ2) is 10.7. The van der Waals surface area contributed by atoms with Crippen LogP contribution in [0.25, 0.3) is 0 Å². The van der Waals surface area contributed by atoms with Crippen molar-refractivity contribution in [2.75, 3.05) is 19.7 Å². The molecule has 3 atom stereocenters. The van der Waals surface area contributed by atoms with Gasteiger partial charge in [0.15, 0.2) is 0 Å². The zero-order valence-electron chi connectivity index (χ0n) is 14.4. The van der Waals surface area contributed by atoms with Gasteiger partial charge in [-0.25, -0.2) is 0 Å². The summed E-state index contributed by atoms with van der Waals surface area (Å²) in [5.74, 6) is -0.196. The second-order valence-electron chi connectivity index (χ2n) is 6.45. The highest BCUT2D eigenvalue weighted by Gasteiger charge is 2.22. The van der Waals surface area contributed by atoms with E-state index in [4.69, 9.17) is 4.74 Å². The SMILES string of the molecule is CCC(C(=O)OCCC[NH+]1CCCCC1C)c1ccccc1.[Cl-]. The van der Waals surface area contributed by atoms with Gasteiger partial charge in [0.25, 0.3) is 0 Å². The number of benzene rings is 1. The van der Waals surface area contributed by atoms with Gasteiger partial charge in [0.1, 0.15) is 0 Å². The van der Waals surface area contributed by atoms with Gasteiger partial charge >= 0.3 is 5.97 Å². The van der Waals surface area contributed by atoms with Crippen molar-refractivity contribution in [1.82, 2.24) is 0 Å². The summed E-state index contributed by atoms with van der Waals surface area (Å²) in [6.07, 6.45) is 5.80. The molecule has 0 aliphatic carbocycles. The second-order valence-corrected chi connectivity index (χ2v) is 6.45. The van der Waals surface area contributed by atoms with Crippen molar-refractivity contribution >= 4 is 5.97 Å². The Labute approximate surface area is 146 Å². The highest BCUT2D eigenvalue weighted by atomic mass is 35.5. The maximum Gasteiger partial charge on any atom is 0.313 e. The van der Waals surface area contributed by atoms with Gasteiger partial charge in [-0.3, -0.25) is 4.79 Å². The topological polar surface area (TPSA) is 30.7 Å². The lowest BCUT2D eigenvalue weighted by Crippen LogP contribution is -3.16. The number of ether oxygens (including phenoxy) is 1. The number of esters is 1. The number of halogens is 1. The number of carbonyl (C=O) groups excluding carboxylic acids is 1. The molecule has 0 aromatic heterocycles. The first-order valence-electron chi connectivity index (χ1n) is 8.78. The molecular weight excluding hydrogens is 310 g/mol. The van der Waals surface area contributed by atoms with E-state index in [1.165, 1.54) is 25.8 Å². The Balaban J connectivity index is 0.00000264. The highest BCUT2D eigenvalue weighted by molar-refractivity contribution is 5.78. The molecule has 1 fully saturated rings. The lowest BCUT2D eigenvalue weighted by Gasteiger charge is -2.30. The molecule has 1 aliphatic rings. The third-order valence-corrected chi connectivity index (χ3v) is 4.86. The molecule has 1 saturated heterocycles. The number of piperidine rings is 1. The summed E-state index contributed by atoms with van der Waals surface area (Å²) in [4.78, 5) is 13.9. The number of quaternary nitrogens is 1. The first kappa shape index (κ1) is 20.0. The Kier molecular flexibility index (Phi) is 9.27. The molecular formula is C19H30ClNO2. The molecule has 0 amide bonds. The lowest BCUT2D eigenvalue weighted by molar-refractivity contribution is -0.928. The van der Waals surface area contributed by atoms with Gasteiger partial charge in [-0.2, -0.15) is 0 Å². The largest absolute Gasteiger partial charge is 1.00 e. The van der Waals surface area contributed by atoms with E-state index >= 15 is 0 Å². The van der Waals surface area contributed by atoms with Gasteiger partial charge in [-0.1, -0.05) is 37.3 Å². The van der Waals surface area contributed by atoms with E-state index in [9.17, 15) is 4.79 Å². The summed E-state index contributed by atoms with van der Waals surface area (Å²) in [6, 6.07) is 10.7. The molecule has 0 saturated carbocycles. The molecule has 130 valence electrons. The van der Waals surface area contributed by atoms with E-state index in [1.54, 1.807) is 4.90 Å². The fourth-order valence-electron chi connectivity index (χ4n) is 3.42. The van der Waals surface area contributed by atoms with Crippen LogP contribution in [0.2, 0.25) is 0 Å². The van der Waals surface area contributed by atoms with Crippen molar-refractivity contribution < 1.29 is 26.8 Å². The van der Waals surface area contributed by atoms with Gasteiger partial charge in [-0.05, 0) is 38.2 Å². The molecule has 0 radical (unpaired) electrons. The summed E-state index contributed by atoms with van der Waals surface area (Å²) in [7, 11) is 0. The third-order valence-electron chi connectivity index (χ3n) is 4.86. The molecule has 3 nitrogen and oxygen atoms in total. The number of likely N-dealkylation sites (tertiary alicyclic amines) is 1. The summed E-state index contributed by atoms with van der Waals surface area (Å²) in [6.45, 7) is 7.33. The summed E-state index contributed by atoms with van der Waals surface area (Å²) >= 11 is 0. The first-order chi connectivity index (χ1) is 10.7. The van der Waals surface area contributed by atoms with Crippen molar-refractivity contribution in [2.24, 2.45) is 0 Å². The Hall–Kier alpha value is -1.06. The van der Waals surface area contributed by atoms with Crippen LogP contribution in [0.1, 0.15) is 57.4 Å². The van der Waals surface area contributed by atoms with Gasteiger partial charge in [0.05, 0.1) is 31.7 Å². The quantitative estimate of drug-likeness (QED) is 0.540. The molecule has 0 spiro atoms. The number of hydrogen-bond acceptors (Lipinski definition) is 2. The van der Waals surface area contributed by atoms with Crippen LogP contribution in [0.5, 0.6) is 0 Å². The van der Waals surface area contributed by atoms with Crippen LogP contribution in [0.4, 0.5) is 0 Å². The Morgan fingerprint density at radius 2 is 2.04 bits per heavy atom. The molecule has 3 unspecified atom stereocenters. The predicted octanol–water partition coefficient (Wildman–Crippen LogP) is -0.425. The minimum atomic E-state index is -0.123. The smallest absolute Gasteiger partial charge is 0.313 e. The molecule has 1 heterocycles. The standard InChI is InChI=1S/C19H29NO2.ClH/c1-3-18(17-11-5-4-6-12-17)19(21)22-15-9-14-20-13-8-7-10-16(20)2;/h4-6,11-12,16,18H,3,7-10,13-15H2,1-2H3;1H. The van der Waals surface area contributed by atoms with Crippen LogP contribution in [0, 0.1) is 0 Å².